The van der Waals surface area contributed by atoms with E-state index in [1.807, 2.05) is 57.5 Å². The van der Waals surface area contributed by atoms with E-state index in [0.29, 0.717) is 19.3 Å². The Morgan fingerprint density at radius 3 is 2.38 bits per heavy atom. The highest BCUT2D eigenvalue weighted by Crippen LogP contribution is 2.28. The third kappa shape index (κ3) is 8.59. The summed E-state index contributed by atoms with van der Waals surface area (Å²) in [6, 6.07) is 6.11. The fourth-order valence-corrected chi connectivity index (χ4v) is 5.56. The van der Waals surface area contributed by atoms with Gasteiger partial charge in [0.1, 0.15) is 12.1 Å². The number of aliphatic hydroxyl groups excluding tert-OH is 1. The van der Waals surface area contributed by atoms with Crippen molar-refractivity contribution in [3.8, 4) is 10.4 Å². The van der Waals surface area contributed by atoms with Gasteiger partial charge >= 0.3 is 5.97 Å². The molecule has 10 nitrogen and oxygen atoms in total. The van der Waals surface area contributed by atoms with E-state index in [0.717, 1.165) is 21.7 Å². The zero-order valence-corrected chi connectivity index (χ0v) is 24.4. The number of amides is 3. The zero-order chi connectivity index (χ0) is 29.4. The molecule has 3 amide bonds. The number of aliphatic carboxylic acids is 1. The van der Waals surface area contributed by atoms with E-state index in [-0.39, 0.29) is 44.2 Å². The molecule has 0 radical (unpaired) electrons. The molecule has 0 aliphatic carbocycles. The van der Waals surface area contributed by atoms with Crippen LogP contribution < -0.4 is 10.6 Å². The van der Waals surface area contributed by atoms with Gasteiger partial charge in [-0.3, -0.25) is 19.2 Å². The summed E-state index contributed by atoms with van der Waals surface area (Å²) >= 11 is 1.57. The monoisotopic (exact) mass is 572 g/mol. The summed E-state index contributed by atoms with van der Waals surface area (Å²) < 4.78 is 0. The Bertz CT molecular complexity index is 1190. The van der Waals surface area contributed by atoms with Gasteiger partial charge in [-0.2, -0.15) is 0 Å². The van der Waals surface area contributed by atoms with Crippen LogP contribution in [0.15, 0.2) is 29.8 Å². The molecule has 0 unspecified atom stereocenters. The minimum atomic E-state index is -0.887. The highest BCUT2D eigenvalue weighted by molar-refractivity contribution is 7.13. The van der Waals surface area contributed by atoms with Crippen LogP contribution in [0.25, 0.3) is 10.4 Å². The summed E-state index contributed by atoms with van der Waals surface area (Å²) in [5, 5.41) is 24.8. The van der Waals surface area contributed by atoms with Crippen LogP contribution >= 0.6 is 11.3 Å². The lowest BCUT2D eigenvalue weighted by molar-refractivity contribution is -0.144. The first-order valence-electron chi connectivity index (χ1n) is 13.6. The number of thiazole rings is 1. The summed E-state index contributed by atoms with van der Waals surface area (Å²) in [7, 11) is 0. The molecule has 11 heteroatoms. The van der Waals surface area contributed by atoms with Gasteiger partial charge in [0.05, 0.1) is 22.2 Å². The van der Waals surface area contributed by atoms with Gasteiger partial charge in [0.15, 0.2) is 0 Å². The van der Waals surface area contributed by atoms with Crippen molar-refractivity contribution in [3.05, 3.63) is 41.0 Å². The van der Waals surface area contributed by atoms with Crippen molar-refractivity contribution in [1.82, 2.24) is 20.5 Å². The first-order chi connectivity index (χ1) is 18.9. The molecule has 0 bridgehead atoms. The SMILES string of the molecule is Cc1ncsc1-c1ccc(CNC(=O)[C@@H]2C[C@H](O)CN2C(=O)[C@@H](NC(=O)CCCCCC(=O)O)C(C)(C)C)cc1. The lowest BCUT2D eigenvalue weighted by Gasteiger charge is -2.35. The Kier molecular flexibility index (Phi) is 10.8. The molecule has 0 spiro atoms. The number of rotatable bonds is 12. The maximum atomic E-state index is 13.6. The standard InChI is InChI=1S/C29H40N4O6S/c1-18-25(40-17-31-18)20-12-10-19(11-13-20)15-30-27(38)22-14-21(34)16-33(22)28(39)26(29(2,3)4)32-23(35)8-6-5-7-9-24(36)37/h10-13,17,21-22,26,34H,5-9,14-16H2,1-4H3,(H,30,38)(H,32,35)(H,36,37)/t21-,22-,26+/m0/s1. The van der Waals surface area contributed by atoms with Crippen LogP contribution in [0.1, 0.15) is 70.6 Å². The fourth-order valence-electron chi connectivity index (χ4n) is 4.75. The molecule has 1 aliphatic rings. The van der Waals surface area contributed by atoms with Crippen LogP contribution in [-0.2, 0) is 25.7 Å². The third-order valence-corrected chi connectivity index (χ3v) is 7.98. The number of aryl methyl sites for hydroxylation is 1. The van der Waals surface area contributed by atoms with Gasteiger partial charge in [0.2, 0.25) is 17.7 Å². The van der Waals surface area contributed by atoms with Gasteiger partial charge in [0.25, 0.3) is 0 Å². The number of hydrogen-bond acceptors (Lipinski definition) is 7. The number of carboxylic acids is 1. The van der Waals surface area contributed by atoms with Crippen molar-refractivity contribution in [1.29, 1.82) is 0 Å². The number of aliphatic hydroxyl groups is 1. The third-order valence-electron chi connectivity index (χ3n) is 7.01. The zero-order valence-electron chi connectivity index (χ0n) is 23.6. The molecule has 4 N–H and O–H groups in total. The van der Waals surface area contributed by atoms with Gasteiger partial charge in [-0.05, 0) is 36.3 Å². The van der Waals surface area contributed by atoms with E-state index in [2.05, 4.69) is 15.6 Å². The number of carbonyl (C=O) groups is 4. The highest BCUT2D eigenvalue weighted by atomic mass is 32.1. The number of nitrogens with zero attached hydrogens (tertiary/aromatic N) is 2. The Labute approximate surface area is 239 Å². The van der Waals surface area contributed by atoms with E-state index in [1.54, 1.807) is 11.3 Å². The minimum absolute atomic E-state index is 0.0114. The normalized spacial score (nSPS) is 17.9. The van der Waals surface area contributed by atoms with E-state index in [4.69, 9.17) is 5.11 Å². The Balaban J connectivity index is 1.60. The average Bonchev–Trinajstić information content (AvgIpc) is 3.50. The predicted molar refractivity (Wildman–Crippen MR) is 152 cm³/mol. The second-order valence-corrected chi connectivity index (χ2v) is 12.3. The van der Waals surface area contributed by atoms with E-state index >= 15 is 0 Å². The Hall–Kier alpha value is -3.31. The lowest BCUT2D eigenvalue weighted by Crippen LogP contribution is -2.57. The molecule has 1 aromatic carbocycles. The van der Waals surface area contributed by atoms with Crippen LogP contribution in [0, 0.1) is 12.3 Å². The number of aromatic nitrogens is 1. The van der Waals surface area contributed by atoms with Crippen molar-refractivity contribution in [2.45, 2.75) is 91.0 Å². The van der Waals surface area contributed by atoms with Crippen LogP contribution in [0.5, 0.6) is 0 Å². The molecule has 1 saturated heterocycles. The van der Waals surface area contributed by atoms with Crippen molar-refractivity contribution >= 4 is 35.0 Å². The van der Waals surface area contributed by atoms with E-state index in [9.17, 15) is 24.3 Å². The molecule has 1 aromatic heterocycles. The molecule has 3 atom stereocenters. The van der Waals surface area contributed by atoms with Gasteiger partial charge in [-0.1, -0.05) is 51.5 Å². The molecule has 2 aromatic rings. The summed E-state index contributed by atoms with van der Waals surface area (Å²) in [5.41, 5.74) is 4.10. The van der Waals surface area contributed by atoms with Gasteiger partial charge < -0.3 is 25.7 Å². The molecule has 1 aliphatic heterocycles. The largest absolute Gasteiger partial charge is 0.481 e. The molecule has 2 heterocycles. The van der Waals surface area contributed by atoms with E-state index < -0.39 is 35.5 Å². The number of unbranched alkanes of at least 4 members (excludes halogenated alkanes) is 2. The molecule has 0 saturated carbocycles. The molecule has 218 valence electrons. The number of hydrogen-bond donors (Lipinski definition) is 4. The maximum Gasteiger partial charge on any atom is 0.303 e. The van der Waals surface area contributed by atoms with E-state index in [1.165, 1.54) is 4.90 Å². The molecule has 40 heavy (non-hydrogen) atoms. The van der Waals surface area contributed by atoms with Crippen LogP contribution in [-0.4, -0.2) is 68.5 Å². The van der Waals surface area contributed by atoms with Crippen molar-refractivity contribution in [2.75, 3.05) is 6.54 Å². The highest BCUT2D eigenvalue weighted by Gasteiger charge is 2.44. The van der Waals surface area contributed by atoms with Gasteiger partial charge in [-0.25, -0.2) is 4.98 Å². The summed E-state index contributed by atoms with van der Waals surface area (Å²) in [5.74, 6) is -1.94. The quantitative estimate of drug-likeness (QED) is 0.285. The Morgan fingerprint density at radius 2 is 1.77 bits per heavy atom. The van der Waals surface area contributed by atoms with Crippen molar-refractivity contribution in [2.24, 2.45) is 5.41 Å². The fraction of sp³-hybridized carbons (Fsp3) is 0.552. The smallest absolute Gasteiger partial charge is 0.303 e. The van der Waals surface area contributed by atoms with Crippen LogP contribution in [0.2, 0.25) is 0 Å². The Morgan fingerprint density at radius 1 is 1.10 bits per heavy atom. The molecular weight excluding hydrogens is 532 g/mol. The lowest BCUT2D eigenvalue weighted by atomic mass is 9.85. The maximum absolute atomic E-state index is 13.6. The summed E-state index contributed by atoms with van der Waals surface area (Å²) in [4.78, 5) is 56.9. The first-order valence-corrected chi connectivity index (χ1v) is 14.5. The predicted octanol–water partition coefficient (Wildman–Crippen LogP) is 3.26. The van der Waals surface area contributed by atoms with Crippen LogP contribution in [0.4, 0.5) is 0 Å². The molecular formula is C29H40N4O6S. The summed E-state index contributed by atoms with van der Waals surface area (Å²) in [6.07, 6.45) is 1.12. The average molecular weight is 573 g/mol. The molecule has 3 rings (SSSR count). The van der Waals surface area contributed by atoms with Gasteiger partial charge in [0, 0.05) is 32.4 Å². The minimum Gasteiger partial charge on any atom is -0.481 e. The number of β-amino-alcohol motifs (C(OH)–C–C–N with tert-alkyl or cyclic N) is 1. The topological polar surface area (TPSA) is 149 Å². The first kappa shape index (κ1) is 31.2. The number of likely N-dealkylation sites (tertiary alicyclic amines) is 1. The van der Waals surface area contributed by atoms with Gasteiger partial charge in [-0.15, -0.1) is 11.3 Å². The second kappa shape index (κ2) is 13.8. The number of carbonyl (C=O) groups excluding carboxylic acids is 3. The summed E-state index contributed by atoms with van der Waals surface area (Å²) in [6.45, 7) is 7.75. The van der Waals surface area contributed by atoms with Crippen LogP contribution in [0.3, 0.4) is 0 Å². The number of benzene rings is 1. The second-order valence-electron chi connectivity index (χ2n) is 11.4. The number of carboxylic acid groups (broad SMARTS) is 1. The van der Waals surface area contributed by atoms with Crippen molar-refractivity contribution in [3.63, 3.8) is 0 Å². The van der Waals surface area contributed by atoms with Crippen molar-refractivity contribution < 1.29 is 29.4 Å². The number of nitrogens with one attached hydrogen (secondary N) is 2. The molecule has 1 fully saturated rings.